The van der Waals surface area contributed by atoms with Crippen LogP contribution in [0.2, 0.25) is 0 Å². The Balaban J connectivity index is 2.48. The smallest absolute Gasteiger partial charge is 0.393 e. The fourth-order valence-electron chi connectivity index (χ4n) is 1.89. The van der Waals surface area contributed by atoms with Crippen molar-refractivity contribution in [2.75, 3.05) is 5.73 Å². The Labute approximate surface area is 113 Å². The molecule has 20 heavy (non-hydrogen) atoms. The Bertz CT molecular complexity index is 666. The van der Waals surface area contributed by atoms with Crippen LogP contribution in [0.15, 0.2) is 29.1 Å². The van der Waals surface area contributed by atoms with Crippen LogP contribution in [0.25, 0.3) is 5.69 Å². The average Bonchev–Trinajstić information content (AvgIpc) is 2.66. The molecule has 2 aromatic rings. The van der Waals surface area contributed by atoms with Crippen molar-refractivity contribution in [1.29, 1.82) is 0 Å². The Morgan fingerprint density at radius 3 is 2.15 bits per heavy atom. The Morgan fingerprint density at radius 2 is 1.75 bits per heavy atom. The fourth-order valence-corrected chi connectivity index (χ4v) is 1.89. The minimum atomic E-state index is -4.40. The van der Waals surface area contributed by atoms with Crippen LogP contribution in [0.5, 0.6) is 0 Å². The minimum absolute atomic E-state index is 0.0124. The Hall–Kier alpha value is -2.18. The normalized spacial score (nSPS) is 12.1. The van der Waals surface area contributed by atoms with Gasteiger partial charge in [-0.05, 0) is 30.2 Å². The number of nitrogens with zero attached hydrogens (tertiary/aromatic N) is 1. The molecule has 0 aliphatic rings. The van der Waals surface area contributed by atoms with Crippen LogP contribution in [0.4, 0.5) is 18.9 Å². The fraction of sp³-hybridized carbons (Fsp3) is 0.308. The van der Waals surface area contributed by atoms with Crippen molar-refractivity contribution in [2.45, 2.75) is 25.9 Å². The first-order chi connectivity index (χ1) is 9.21. The van der Waals surface area contributed by atoms with Crippen LogP contribution >= 0.6 is 0 Å². The molecule has 2 rings (SSSR count). The van der Waals surface area contributed by atoms with Gasteiger partial charge in [0.15, 0.2) is 0 Å². The second kappa shape index (κ2) is 4.73. The zero-order valence-corrected chi connectivity index (χ0v) is 11.0. The van der Waals surface area contributed by atoms with E-state index in [0.29, 0.717) is 11.4 Å². The minimum Gasteiger partial charge on any atom is -0.393 e. The zero-order valence-electron chi connectivity index (χ0n) is 11.0. The van der Waals surface area contributed by atoms with Crippen molar-refractivity contribution in [2.24, 2.45) is 0 Å². The number of halogens is 3. The Kier molecular flexibility index (Phi) is 3.37. The maximum Gasteiger partial charge on any atom is 0.416 e. The molecule has 0 fully saturated rings. The maximum absolute atomic E-state index is 12.5. The summed E-state index contributed by atoms with van der Waals surface area (Å²) >= 11 is 0. The van der Waals surface area contributed by atoms with Crippen molar-refractivity contribution >= 4 is 5.69 Å². The molecule has 0 aliphatic carbocycles. The molecule has 0 aliphatic heterocycles. The van der Waals surface area contributed by atoms with Crippen molar-refractivity contribution in [1.82, 2.24) is 9.78 Å². The van der Waals surface area contributed by atoms with Crippen molar-refractivity contribution in [3.63, 3.8) is 0 Å². The molecule has 0 amide bonds. The molecular formula is C13H14F3N3O. The van der Waals surface area contributed by atoms with Crippen LogP contribution in [0.1, 0.15) is 31.0 Å². The summed E-state index contributed by atoms with van der Waals surface area (Å²) < 4.78 is 38.6. The lowest BCUT2D eigenvalue weighted by atomic mass is 10.1. The molecule has 0 bridgehead atoms. The molecule has 1 heterocycles. The molecular weight excluding hydrogens is 271 g/mol. The summed E-state index contributed by atoms with van der Waals surface area (Å²) in [6.07, 6.45) is -4.40. The van der Waals surface area contributed by atoms with Crippen molar-refractivity contribution in [3.8, 4) is 5.69 Å². The largest absolute Gasteiger partial charge is 0.416 e. The van der Waals surface area contributed by atoms with E-state index in [1.807, 2.05) is 13.8 Å². The van der Waals surface area contributed by atoms with Crippen LogP contribution in [0, 0.1) is 0 Å². The van der Waals surface area contributed by atoms with Gasteiger partial charge in [-0.15, -0.1) is 0 Å². The number of anilines is 1. The number of nitrogens with two attached hydrogens (primary N) is 1. The van der Waals surface area contributed by atoms with Gasteiger partial charge in [0.1, 0.15) is 5.69 Å². The predicted molar refractivity (Wildman–Crippen MR) is 69.9 cm³/mol. The number of nitrogen functional groups attached to an aromatic ring is 1. The highest BCUT2D eigenvalue weighted by Crippen LogP contribution is 2.29. The number of benzene rings is 1. The molecule has 1 aromatic heterocycles. The lowest BCUT2D eigenvalue weighted by Gasteiger charge is -2.08. The first-order valence-electron chi connectivity index (χ1n) is 6.00. The summed E-state index contributed by atoms with van der Waals surface area (Å²) in [5, 5.41) is 2.82. The molecule has 7 heteroatoms. The van der Waals surface area contributed by atoms with Gasteiger partial charge in [0, 0.05) is 0 Å². The van der Waals surface area contributed by atoms with Gasteiger partial charge in [-0.25, -0.2) is 4.68 Å². The molecule has 4 nitrogen and oxygen atoms in total. The van der Waals surface area contributed by atoms with E-state index in [1.54, 1.807) is 0 Å². The third-order valence-corrected chi connectivity index (χ3v) is 2.99. The number of H-pyrrole nitrogens is 1. The lowest BCUT2D eigenvalue weighted by Crippen LogP contribution is -2.17. The molecule has 0 saturated carbocycles. The Morgan fingerprint density at radius 1 is 1.20 bits per heavy atom. The quantitative estimate of drug-likeness (QED) is 0.891. The molecule has 108 valence electrons. The average molecular weight is 285 g/mol. The van der Waals surface area contributed by atoms with Crippen molar-refractivity contribution in [3.05, 3.63) is 45.9 Å². The molecule has 0 radical (unpaired) electrons. The third-order valence-electron chi connectivity index (χ3n) is 2.99. The van der Waals surface area contributed by atoms with Gasteiger partial charge in [0.25, 0.3) is 5.56 Å². The molecule has 0 saturated heterocycles. The van der Waals surface area contributed by atoms with E-state index in [-0.39, 0.29) is 11.6 Å². The van der Waals surface area contributed by atoms with E-state index in [1.165, 1.54) is 12.1 Å². The second-order valence-corrected chi connectivity index (χ2v) is 4.78. The van der Waals surface area contributed by atoms with Crippen LogP contribution in [0.3, 0.4) is 0 Å². The number of hydrogen-bond acceptors (Lipinski definition) is 2. The summed E-state index contributed by atoms with van der Waals surface area (Å²) in [6, 6.07) is 4.30. The van der Waals surface area contributed by atoms with Crippen LogP contribution in [-0.2, 0) is 6.18 Å². The molecule has 0 atom stereocenters. The van der Waals surface area contributed by atoms with E-state index < -0.39 is 17.3 Å². The summed E-state index contributed by atoms with van der Waals surface area (Å²) in [6.45, 7) is 3.72. The van der Waals surface area contributed by atoms with E-state index in [9.17, 15) is 18.0 Å². The van der Waals surface area contributed by atoms with Gasteiger partial charge in [0.2, 0.25) is 0 Å². The van der Waals surface area contributed by atoms with Gasteiger partial charge in [-0.2, -0.15) is 13.2 Å². The number of aromatic amines is 1. The number of nitrogens with one attached hydrogen (secondary N) is 1. The molecule has 0 unspecified atom stereocenters. The lowest BCUT2D eigenvalue weighted by molar-refractivity contribution is -0.137. The monoisotopic (exact) mass is 285 g/mol. The number of aromatic nitrogens is 2. The van der Waals surface area contributed by atoms with Gasteiger partial charge in [-0.3, -0.25) is 9.89 Å². The highest BCUT2D eigenvalue weighted by atomic mass is 19.4. The number of rotatable bonds is 2. The molecule has 3 N–H and O–H groups in total. The summed E-state index contributed by atoms with van der Waals surface area (Å²) in [5.74, 6) is 0.0124. The highest BCUT2D eigenvalue weighted by molar-refractivity contribution is 5.46. The van der Waals surface area contributed by atoms with E-state index >= 15 is 0 Å². The first kappa shape index (κ1) is 14.2. The van der Waals surface area contributed by atoms with E-state index in [0.717, 1.165) is 16.8 Å². The van der Waals surface area contributed by atoms with Gasteiger partial charge >= 0.3 is 6.18 Å². The summed E-state index contributed by atoms with van der Waals surface area (Å²) in [5.41, 5.74) is 5.42. The standard InChI is InChI=1S/C13H14F3N3O/c1-7(2)11-10(17)12(20)19(18-11)9-5-3-8(4-6-9)13(14,15)16/h3-7,18H,17H2,1-2H3. The van der Waals surface area contributed by atoms with E-state index in [2.05, 4.69) is 5.10 Å². The van der Waals surface area contributed by atoms with Gasteiger partial charge in [-0.1, -0.05) is 13.8 Å². The third kappa shape index (κ3) is 2.43. The zero-order chi connectivity index (χ0) is 15.1. The van der Waals surface area contributed by atoms with Crippen molar-refractivity contribution < 1.29 is 13.2 Å². The van der Waals surface area contributed by atoms with Crippen LogP contribution in [-0.4, -0.2) is 9.78 Å². The number of hydrogen-bond donors (Lipinski definition) is 2. The van der Waals surface area contributed by atoms with Gasteiger partial charge < -0.3 is 5.73 Å². The van der Waals surface area contributed by atoms with E-state index in [4.69, 9.17) is 5.73 Å². The van der Waals surface area contributed by atoms with Gasteiger partial charge in [0.05, 0.1) is 16.9 Å². The van der Waals surface area contributed by atoms with Crippen LogP contribution < -0.4 is 11.3 Å². The predicted octanol–water partition coefficient (Wildman–Crippen LogP) is 2.89. The molecule has 0 spiro atoms. The summed E-state index contributed by atoms with van der Waals surface area (Å²) in [7, 11) is 0. The number of alkyl halides is 3. The maximum atomic E-state index is 12.5. The molecule has 1 aromatic carbocycles. The summed E-state index contributed by atoms with van der Waals surface area (Å²) in [4.78, 5) is 12.0. The SMILES string of the molecule is CC(C)c1[nH]n(-c2ccc(C(F)(F)F)cc2)c(=O)c1N. The second-order valence-electron chi connectivity index (χ2n) is 4.78. The highest BCUT2D eigenvalue weighted by Gasteiger charge is 2.30. The first-order valence-corrected chi connectivity index (χ1v) is 6.00. The topological polar surface area (TPSA) is 63.8 Å².